The molecule has 1 fully saturated rings. The summed E-state index contributed by atoms with van der Waals surface area (Å²) in [5, 5.41) is 16.4. The molecule has 2 aromatic carbocycles. The number of nitrogens with one attached hydrogen (secondary N) is 1. The molecular formula is C28H26N4O5. The van der Waals surface area contributed by atoms with Gasteiger partial charge in [0.25, 0.3) is 0 Å². The number of aryl methyl sites for hydroxylation is 1. The average Bonchev–Trinajstić information content (AvgIpc) is 3.66. The summed E-state index contributed by atoms with van der Waals surface area (Å²) >= 11 is 0. The summed E-state index contributed by atoms with van der Waals surface area (Å²) in [7, 11) is 0. The van der Waals surface area contributed by atoms with E-state index in [1.807, 2.05) is 0 Å². The van der Waals surface area contributed by atoms with Crippen LogP contribution < -0.4 is 5.32 Å². The first-order chi connectivity index (χ1) is 18.1. The van der Waals surface area contributed by atoms with Crippen LogP contribution in [0.1, 0.15) is 58.3 Å². The van der Waals surface area contributed by atoms with Crippen LogP contribution >= 0.6 is 0 Å². The van der Waals surface area contributed by atoms with E-state index in [1.165, 1.54) is 35.4 Å². The molecule has 2 N–H and O–H groups in total. The Balaban J connectivity index is 1.20. The zero-order valence-electron chi connectivity index (χ0n) is 20.0. The first kappa shape index (κ1) is 23.3. The molecule has 2 aliphatic rings. The second-order valence-corrected chi connectivity index (χ2v) is 9.72. The minimum absolute atomic E-state index is 0.00722. The van der Waals surface area contributed by atoms with Gasteiger partial charge < -0.3 is 19.6 Å². The van der Waals surface area contributed by atoms with Crippen LogP contribution in [0.2, 0.25) is 0 Å². The van der Waals surface area contributed by atoms with Crippen LogP contribution in [0.25, 0.3) is 11.1 Å². The number of ether oxygens (including phenoxy) is 1. The van der Waals surface area contributed by atoms with Crippen LogP contribution in [0.15, 0.2) is 70.7 Å². The third-order valence-electron chi connectivity index (χ3n) is 7.60. The van der Waals surface area contributed by atoms with Gasteiger partial charge in [-0.05, 0) is 72.2 Å². The second-order valence-electron chi connectivity index (χ2n) is 9.72. The Labute approximate surface area is 212 Å². The maximum absolute atomic E-state index is 12.7. The van der Waals surface area contributed by atoms with Crippen LogP contribution in [0.4, 0.5) is 11.5 Å². The van der Waals surface area contributed by atoms with Crippen LogP contribution in [0.5, 0.6) is 0 Å². The van der Waals surface area contributed by atoms with Gasteiger partial charge in [0.15, 0.2) is 11.4 Å². The number of nitroso groups, excluding NO2 is 1. The SMILES string of the molecule is O=Nc1ccc(C(=O)O[C@H]2C[C@H](c3coc4c(N[C@H]5CCc6ccccc65)ncnc34)C[C@H]2CO)cc1. The lowest BCUT2D eigenvalue weighted by Gasteiger charge is -2.18. The molecule has 0 saturated heterocycles. The van der Waals surface area contributed by atoms with Crippen LogP contribution in [0, 0.1) is 10.8 Å². The number of nitrogens with zero attached hydrogens (tertiary/aromatic N) is 3. The zero-order chi connectivity index (χ0) is 25.4. The van der Waals surface area contributed by atoms with Crippen LogP contribution in [-0.4, -0.2) is 33.8 Å². The topological polar surface area (TPSA) is 127 Å². The van der Waals surface area contributed by atoms with E-state index in [9.17, 15) is 14.8 Å². The van der Waals surface area contributed by atoms with Gasteiger partial charge in [0.2, 0.25) is 0 Å². The van der Waals surface area contributed by atoms with Crippen molar-refractivity contribution in [3.05, 3.63) is 88.3 Å². The largest absolute Gasteiger partial charge is 0.458 e. The summed E-state index contributed by atoms with van der Waals surface area (Å²) in [6, 6.07) is 14.6. The molecule has 2 aromatic heterocycles. The number of carbonyl (C=O) groups is 1. The molecule has 0 aliphatic heterocycles. The summed E-state index contributed by atoms with van der Waals surface area (Å²) in [6.07, 6.45) is 5.99. The summed E-state index contributed by atoms with van der Waals surface area (Å²) < 4.78 is 11.8. The van der Waals surface area contributed by atoms with E-state index in [4.69, 9.17) is 9.15 Å². The Hall–Kier alpha value is -4.11. The Morgan fingerprint density at radius 2 is 1.95 bits per heavy atom. The maximum Gasteiger partial charge on any atom is 0.338 e. The van der Waals surface area contributed by atoms with Crippen molar-refractivity contribution in [3.8, 4) is 0 Å². The van der Waals surface area contributed by atoms with Gasteiger partial charge in [-0.1, -0.05) is 24.3 Å². The number of fused-ring (bicyclic) bond motifs is 2. The molecule has 188 valence electrons. The highest BCUT2D eigenvalue weighted by atomic mass is 16.5. The number of carbonyl (C=O) groups excluding carboxylic acids is 1. The van der Waals surface area contributed by atoms with Gasteiger partial charge in [0, 0.05) is 18.1 Å². The van der Waals surface area contributed by atoms with Crippen LogP contribution in [0.3, 0.4) is 0 Å². The van der Waals surface area contributed by atoms with Crippen molar-refractivity contribution in [3.63, 3.8) is 0 Å². The number of hydrogen-bond donors (Lipinski definition) is 2. The Morgan fingerprint density at radius 1 is 1.11 bits per heavy atom. The second kappa shape index (κ2) is 9.74. The van der Waals surface area contributed by atoms with Gasteiger partial charge in [-0.15, -0.1) is 4.91 Å². The van der Waals surface area contributed by atoms with E-state index in [0.717, 1.165) is 23.9 Å². The number of furan rings is 1. The summed E-state index contributed by atoms with van der Waals surface area (Å²) in [6.45, 7) is -0.0961. The van der Waals surface area contributed by atoms with E-state index in [2.05, 4.69) is 44.7 Å². The predicted octanol–water partition coefficient (Wildman–Crippen LogP) is 5.43. The van der Waals surface area contributed by atoms with Crippen molar-refractivity contribution in [1.82, 2.24) is 9.97 Å². The van der Waals surface area contributed by atoms with Crippen molar-refractivity contribution >= 4 is 28.6 Å². The molecule has 2 heterocycles. The third kappa shape index (κ3) is 4.35. The molecule has 2 aliphatic carbocycles. The van der Waals surface area contributed by atoms with Gasteiger partial charge in [-0.3, -0.25) is 0 Å². The lowest BCUT2D eigenvalue weighted by molar-refractivity contribution is 0.0129. The highest BCUT2D eigenvalue weighted by molar-refractivity contribution is 5.90. The quantitative estimate of drug-likeness (QED) is 0.255. The van der Waals surface area contributed by atoms with E-state index in [0.29, 0.717) is 29.8 Å². The lowest BCUT2D eigenvalue weighted by Crippen LogP contribution is -2.24. The number of aliphatic hydroxyl groups excluding tert-OH is 1. The highest BCUT2D eigenvalue weighted by Gasteiger charge is 2.39. The monoisotopic (exact) mass is 498 g/mol. The Morgan fingerprint density at radius 3 is 2.76 bits per heavy atom. The summed E-state index contributed by atoms with van der Waals surface area (Å²) in [5.41, 5.74) is 5.46. The standard InChI is InChI=1S/C28H26N4O5/c33-13-19-11-18(12-24(19)37-28(34)17-5-8-20(32-35)9-6-17)22-14-36-26-25(22)29-15-30-27(26)31-23-10-7-16-3-1-2-4-21(16)23/h1-6,8-9,14-15,18-19,23-24,33H,7,10-13H2,(H,29,30,31)/t18-,19+,23+,24+/m1/s1. The Kier molecular flexibility index (Phi) is 6.13. The van der Waals surface area contributed by atoms with E-state index in [1.54, 1.807) is 12.6 Å². The molecule has 0 bridgehead atoms. The molecule has 0 radical (unpaired) electrons. The number of benzene rings is 2. The number of anilines is 1. The van der Waals surface area contributed by atoms with Crippen LogP contribution in [-0.2, 0) is 11.2 Å². The number of aromatic nitrogens is 2. The van der Waals surface area contributed by atoms with Crippen molar-refractivity contribution < 1.29 is 19.1 Å². The molecule has 4 aromatic rings. The molecule has 9 heteroatoms. The molecule has 0 unspecified atom stereocenters. The molecule has 37 heavy (non-hydrogen) atoms. The smallest absolute Gasteiger partial charge is 0.338 e. The fourth-order valence-electron chi connectivity index (χ4n) is 5.67. The molecule has 4 atom stereocenters. The van der Waals surface area contributed by atoms with E-state index in [-0.39, 0.29) is 30.2 Å². The molecule has 1 saturated carbocycles. The van der Waals surface area contributed by atoms with Gasteiger partial charge >= 0.3 is 5.97 Å². The number of hydrogen-bond acceptors (Lipinski definition) is 9. The summed E-state index contributed by atoms with van der Waals surface area (Å²) in [5.74, 6) is -0.0350. The van der Waals surface area contributed by atoms with Gasteiger partial charge in [-0.25, -0.2) is 14.8 Å². The maximum atomic E-state index is 12.7. The molecule has 0 amide bonds. The fourth-order valence-corrected chi connectivity index (χ4v) is 5.67. The van der Waals surface area contributed by atoms with Gasteiger partial charge in [0.1, 0.15) is 23.6 Å². The fraction of sp³-hybridized carbons (Fsp3) is 0.321. The van der Waals surface area contributed by atoms with Gasteiger partial charge in [0.05, 0.1) is 17.9 Å². The minimum Gasteiger partial charge on any atom is -0.458 e. The van der Waals surface area contributed by atoms with Crippen molar-refractivity contribution in [2.75, 3.05) is 11.9 Å². The number of aliphatic hydroxyl groups is 1. The first-order valence-electron chi connectivity index (χ1n) is 12.5. The van der Waals surface area contributed by atoms with Gasteiger partial charge in [-0.2, -0.15) is 0 Å². The van der Waals surface area contributed by atoms with E-state index < -0.39 is 12.1 Å². The number of rotatable bonds is 7. The van der Waals surface area contributed by atoms with Crippen molar-refractivity contribution in [2.24, 2.45) is 11.1 Å². The molecular weight excluding hydrogens is 472 g/mol. The normalized spacial score (nSPS) is 22.6. The lowest BCUT2D eigenvalue weighted by atomic mass is 9.98. The Bertz CT molecular complexity index is 1450. The third-order valence-corrected chi connectivity index (χ3v) is 7.60. The highest BCUT2D eigenvalue weighted by Crippen LogP contribution is 2.44. The first-order valence-corrected chi connectivity index (χ1v) is 12.5. The van der Waals surface area contributed by atoms with Crippen molar-refractivity contribution in [1.29, 1.82) is 0 Å². The minimum atomic E-state index is -0.496. The number of esters is 1. The predicted molar refractivity (Wildman–Crippen MR) is 137 cm³/mol. The molecule has 0 spiro atoms. The zero-order valence-corrected chi connectivity index (χ0v) is 20.0. The average molecular weight is 499 g/mol. The molecule has 9 nitrogen and oxygen atoms in total. The van der Waals surface area contributed by atoms with Crippen molar-refractivity contribution in [2.45, 2.75) is 43.7 Å². The van der Waals surface area contributed by atoms with E-state index >= 15 is 0 Å². The molecule has 6 rings (SSSR count). The summed E-state index contributed by atoms with van der Waals surface area (Å²) in [4.78, 5) is 32.3.